The Bertz CT molecular complexity index is 404. The van der Waals surface area contributed by atoms with E-state index in [-0.39, 0.29) is 11.9 Å². The Labute approximate surface area is 109 Å². The lowest BCUT2D eigenvalue weighted by molar-refractivity contribution is 0.0788. The topological polar surface area (TPSA) is 59.2 Å². The van der Waals surface area contributed by atoms with Gasteiger partial charge in [0.2, 0.25) is 0 Å². The molecule has 0 saturated carbocycles. The first kappa shape index (κ1) is 14.6. The molecule has 1 aromatic rings. The van der Waals surface area contributed by atoms with Gasteiger partial charge in [0.1, 0.15) is 0 Å². The average Bonchev–Trinajstić information content (AvgIpc) is 2.34. The maximum atomic E-state index is 12.1. The maximum Gasteiger partial charge on any atom is 0.255 e. The van der Waals surface area contributed by atoms with Gasteiger partial charge in [-0.25, -0.2) is 0 Å². The van der Waals surface area contributed by atoms with Gasteiger partial charge in [-0.2, -0.15) is 0 Å². The molecular formula is C14H23N3O. The van der Waals surface area contributed by atoms with E-state index in [0.717, 1.165) is 12.0 Å². The second-order valence-corrected chi connectivity index (χ2v) is 5.17. The first-order valence-corrected chi connectivity index (χ1v) is 6.34. The van der Waals surface area contributed by atoms with E-state index in [1.54, 1.807) is 24.3 Å². The van der Waals surface area contributed by atoms with Crippen LogP contribution in [0.25, 0.3) is 0 Å². The zero-order valence-corrected chi connectivity index (χ0v) is 11.7. The molecule has 1 rings (SSSR count). The number of nitrogens with two attached hydrogens (primary N) is 1. The van der Waals surface area contributed by atoms with Gasteiger partial charge in [0.25, 0.3) is 5.91 Å². The molecule has 1 heterocycles. The van der Waals surface area contributed by atoms with Crippen molar-refractivity contribution >= 4 is 5.91 Å². The highest BCUT2D eigenvalue weighted by Crippen LogP contribution is 2.08. The summed E-state index contributed by atoms with van der Waals surface area (Å²) in [7, 11) is 1.80. The highest BCUT2D eigenvalue weighted by molar-refractivity contribution is 5.93. The number of aromatic nitrogens is 1. The smallest absolute Gasteiger partial charge is 0.255 e. The lowest BCUT2D eigenvalue weighted by Crippen LogP contribution is -2.34. The minimum atomic E-state index is 0.00200. The summed E-state index contributed by atoms with van der Waals surface area (Å²) in [6.45, 7) is 6.79. The zero-order chi connectivity index (χ0) is 13.7. The van der Waals surface area contributed by atoms with Gasteiger partial charge in [-0.15, -0.1) is 0 Å². The van der Waals surface area contributed by atoms with Gasteiger partial charge in [-0.05, 0) is 30.9 Å². The Hall–Kier alpha value is -1.42. The van der Waals surface area contributed by atoms with Crippen molar-refractivity contribution in [2.45, 2.75) is 33.2 Å². The number of hydrogen-bond acceptors (Lipinski definition) is 3. The Morgan fingerprint density at radius 1 is 1.44 bits per heavy atom. The fourth-order valence-corrected chi connectivity index (χ4v) is 1.67. The molecular weight excluding hydrogens is 226 g/mol. The molecule has 0 spiro atoms. The summed E-state index contributed by atoms with van der Waals surface area (Å²) in [5.74, 6) is 0.441. The molecule has 0 saturated heterocycles. The molecule has 18 heavy (non-hydrogen) atoms. The van der Waals surface area contributed by atoms with Crippen LogP contribution in [-0.2, 0) is 0 Å². The van der Waals surface area contributed by atoms with Crippen LogP contribution in [0.3, 0.4) is 0 Å². The predicted molar refractivity (Wildman–Crippen MR) is 73.4 cm³/mol. The fraction of sp³-hybridized carbons (Fsp3) is 0.571. The number of carbonyl (C=O) groups excluding carboxylic acids is 1. The predicted octanol–water partition coefficient (Wildman–Crippen LogP) is 1.84. The molecule has 100 valence electrons. The number of carbonyl (C=O) groups is 1. The van der Waals surface area contributed by atoms with E-state index in [4.69, 9.17) is 5.73 Å². The molecule has 2 N–H and O–H groups in total. The van der Waals surface area contributed by atoms with Gasteiger partial charge in [-0.3, -0.25) is 9.78 Å². The van der Waals surface area contributed by atoms with E-state index in [1.165, 1.54) is 0 Å². The number of hydrogen-bond donors (Lipinski definition) is 1. The molecule has 0 aromatic carbocycles. The van der Waals surface area contributed by atoms with Crippen molar-refractivity contribution < 1.29 is 4.79 Å². The van der Waals surface area contributed by atoms with E-state index < -0.39 is 0 Å². The SMILES string of the molecule is Cc1cncc(C(=O)N(C)CCC(N)C(C)C)c1. The van der Waals surface area contributed by atoms with Crippen LogP contribution in [0.2, 0.25) is 0 Å². The van der Waals surface area contributed by atoms with Gasteiger partial charge >= 0.3 is 0 Å². The normalized spacial score (nSPS) is 12.6. The number of amides is 1. The molecule has 0 fully saturated rings. The highest BCUT2D eigenvalue weighted by atomic mass is 16.2. The second-order valence-electron chi connectivity index (χ2n) is 5.17. The average molecular weight is 249 g/mol. The van der Waals surface area contributed by atoms with E-state index in [0.29, 0.717) is 18.0 Å². The van der Waals surface area contributed by atoms with Gasteiger partial charge in [0.15, 0.2) is 0 Å². The largest absolute Gasteiger partial charge is 0.342 e. The first-order valence-electron chi connectivity index (χ1n) is 6.34. The van der Waals surface area contributed by atoms with Crippen LogP contribution >= 0.6 is 0 Å². The second kappa shape index (κ2) is 6.50. The Morgan fingerprint density at radius 3 is 2.67 bits per heavy atom. The third-order valence-electron chi connectivity index (χ3n) is 3.12. The lowest BCUT2D eigenvalue weighted by Gasteiger charge is -2.21. The van der Waals surface area contributed by atoms with Crippen LogP contribution in [0.1, 0.15) is 36.2 Å². The summed E-state index contributed by atoms with van der Waals surface area (Å²) >= 11 is 0. The molecule has 4 heteroatoms. The van der Waals surface area contributed by atoms with E-state index >= 15 is 0 Å². The van der Waals surface area contributed by atoms with Crippen LogP contribution in [0.15, 0.2) is 18.5 Å². The van der Waals surface area contributed by atoms with Gasteiger partial charge < -0.3 is 10.6 Å². The summed E-state index contributed by atoms with van der Waals surface area (Å²) < 4.78 is 0. The van der Waals surface area contributed by atoms with E-state index in [2.05, 4.69) is 18.8 Å². The molecule has 0 aliphatic rings. The monoisotopic (exact) mass is 249 g/mol. The van der Waals surface area contributed by atoms with Crippen LogP contribution in [0, 0.1) is 12.8 Å². The Morgan fingerprint density at radius 2 is 2.11 bits per heavy atom. The zero-order valence-electron chi connectivity index (χ0n) is 11.7. The number of nitrogens with zero attached hydrogens (tertiary/aromatic N) is 2. The molecule has 0 radical (unpaired) electrons. The summed E-state index contributed by atoms with van der Waals surface area (Å²) in [6.07, 6.45) is 4.17. The summed E-state index contributed by atoms with van der Waals surface area (Å²) in [4.78, 5) is 17.9. The minimum absolute atomic E-state index is 0.00200. The van der Waals surface area contributed by atoms with Crippen LogP contribution < -0.4 is 5.73 Å². The fourth-order valence-electron chi connectivity index (χ4n) is 1.67. The number of aryl methyl sites for hydroxylation is 1. The highest BCUT2D eigenvalue weighted by Gasteiger charge is 2.14. The molecule has 0 aliphatic carbocycles. The summed E-state index contributed by atoms with van der Waals surface area (Å²) in [6, 6.07) is 1.99. The molecule has 1 unspecified atom stereocenters. The van der Waals surface area contributed by atoms with Crippen molar-refractivity contribution in [1.29, 1.82) is 0 Å². The lowest BCUT2D eigenvalue weighted by atomic mass is 10.0. The van der Waals surface area contributed by atoms with Crippen molar-refractivity contribution in [3.05, 3.63) is 29.6 Å². The maximum absolute atomic E-state index is 12.1. The quantitative estimate of drug-likeness (QED) is 0.866. The van der Waals surface area contributed by atoms with E-state index in [9.17, 15) is 4.79 Å². The number of rotatable bonds is 5. The van der Waals surface area contributed by atoms with Gasteiger partial charge in [-0.1, -0.05) is 13.8 Å². The first-order chi connectivity index (χ1) is 8.41. The molecule has 1 atom stereocenters. The third-order valence-corrected chi connectivity index (χ3v) is 3.12. The van der Waals surface area contributed by atoms with Crippen LogP contribution in [0.4, 0.5) is 0 Å². The Kier molecular flexibility index (Phi) is 5.28. The standard InChI is InChI=1S/C14H23N3O/c1-10(2)13(15)5-6-17(4)14(18)12-7-11(3)8-16-9-12/h7-10,13H,5-6,15H2,1-4H3. The molecule has 1 amide bonds. The van der Waals surface area contributed by atoms with E-state index in [1.807, 2.05) is 13.0 Å². The van der Waals surface area contributed by atoms with Crippen LogP contribution in [-0.4, -0.2) is 35.4 Å². The van der Waals surface area contributed by atoms with Gasteiger partial charge in [0, 0.05) is 32.0 Å². The minimum Gasteiger partial charge on any atom is -0.342 e. The Balaban J connectivity index is 2.57. The molecule has 0 bridgehead atoms. The van der Waals surface area contributed by atoms with Crippen LogP contribution in [0.5, 0.6) is 0 Å². The number of pyridine rings is 1. The van der Waals surface area contributed by atoms with Crippen molar-refractivity contribution in [3.8, 4) is 0 Å². The summed E-state index contributed by atoms with van der Waals surface area (Å²) in [5.41, 5.74) is 7.61. The van der Waals surface area contributed by atoms with Crippen molar-refractivity contribution in [3.63, 3.8) is 0 Å². The molecule has 0 aliphatic heterocycles. The van der Waals surface area contributed by atoms with Crippen molar-refractivity contribution in [2.75, 3.05) is 13.6 Å². The van der Waals surface area contributed by atoms with Crippen molar-refractivity contribution in [1.82, 2.24) is 9.88 Å². The summed E-state index contributed by atoms with van der Waals surface area (Å²) in [5, 5.41) is 0. The van der Waals surface area contributed by atoms with Crippen molar-refractivity contribution in [2.24, 2.45) is 11.7 Å². The third kappa shape index (κ3) is 4.11. The van der Waals surface area contributed by atoms with Gasteiger partial charge in [0.05, 0.1) is 5.56 Å². The molecule has 1 aromatic heterocycles. The molecule has 4 nitrogen and oxygen atoms in total.